The Balaban J connectivity index is 1.89. The normalized spacial score (nSPS) is 30.1. The minimum absolute atomic E-state index is 0.368. The monoisotopic (exact) mass is 282 g/mol. The van der Waals surface area contributed by atoms with Gasteiger partial charge in [0, 0.05) is 31.7 Å². The minimum Gasteiger partial charge on any atom is -0.381 e. The van der Waals surface area contributed by atoms with Crippen molar-refractivity contribution >= 4 is 0 Å². The summed E-state index contributed by atoms with van der Waals surface area (Å²) < 4.78 is 5.74. The molecule has 0 spiro atoms. The topological polar surface area (TPSA) is 24.5 Å². The predicted molar refractivity (Wildman–Crippen MR) is 85.1 cm³/mol. The maximum atomic E-state index is 5.74. The third-order valence-corrected chi connectivity index (χ3v) is 5.69. The Hall–Kier alpha value is -0.120. The zero-order valence-electron chi connectivity index (χ0n) is 13.8. The van der Waals surface area contributed by atoms with Crippen molar-refractivity contribution in [1.82, 2.24) is 10.2 Å². The Kier molecular flexibility index (Phi) is 5.88. The molecule has 2 aliphatic rings. The third kappa shape index (κ3) is 3.75. The number of nitrogens with zero attached hydrogens (tertiary/aromatic N) is 1. The predicted octanol–water partition coefficient (Wildman–Crippen LogP) is 2.90. The van der Waals surface area contributed by atoms with Crippen molar-refractivity contribution in [2.75, 3.05) is 45.9 Å². The van der Waals surface area contributed by atoms with Crippen LogP contribution in [0.3, 0.4) is 0 Å². The van der Waals surface area contributed by atoms with Gasteiger partial charge in [0.1, 0.15) is 0 Å². The van der Waals surface area contributed by atoms with Gasteiger partial charge in [-0.25, -0.2) is 0 Å². The Morgan fingerprint density at radius 1 is 1.10 bits per heavy atom. The molecule has 0 bridgehead atoms. The molecule has 2 saturated heterocycles. The fourth-order valence-corrected chi connectivity index (χ4v) is 3.96. The second-order valence-corrected chi connectivity index (χ2v) is 7.15. The molecule has 1 N–H and O–H groups in total. The van der Waals surface area contributed by atoms with Gasteiger partial charge in [-0.05, 0) is 50.6 Å². The first kappa shape index (κ1) is 16.3. The highest BCUT2D eigenvalue weighted by Gasteiger charge is 2.41. The molecule has 20 heavy (non-hydrogen) atoms. The molecule has 0 aromatic rings. The molecule has 2 fully saturated rings. The molecule has 1 unspecified atom stereocenters. The maximum absolute atomic E-state index is 5.74. The molecule has 2 heterocycles. The van der Waals surface area contributed by atoms with Crippen molar-refractivity contribution in [2.24, 2.45) is 10.8 Å². The summed E-state index contributed by atoms with van der Waals surface area (Å²) >= 11 is 0. The Labute approximate surface area is 125 Å². The lowest BCUT2D eigenvalue weighted by atomic mass is 9.81. The van der Waals surface area contributed by atoms with Crippen LogP contribution in [0.2, 0.25) is 0 Å². The average Bonchev–Trinajstić information content (AvgIpc) is 3.08. The molecule has 2 aliphatic heterocycles. The van der Waals surface area contributed by atoms with Crippen molar-refractivity contribution < 1.29 is 4.74 Å². The Morgan fingerprint density at radius 2 is 1.90 bits per heavy atom. The van der Waals surface area contributed by atoms with Crippen LogP contribution in [0.25, 0.3) is 0 Å². The van der Waals surface area contributed by atoms with Gasteiger partial charge in [0.05, 0.1) is 6.61 Å². The van der Waals surface area contributed by atoms with Gasteiger partial charge in [0.2, 0.25) is 0 Å². The summed E-state index contributed by atoms with van der Waals surface area (Å²) in [5.41, 5.74) is 0.963. The molecule has 1 atom stereocenters. The molecule has 3 nitrogen and oxygen atoms in total. The van der Waals surface area contributed by atoms with Crippen molar-refractivity contribution in [1.29, 1.82) is 0 Å². The Bertz CT molecular complexity index is 283. The van der Waals surface area contributed by atoms with Crippen LogP contribution in [0.1, 0.15) is 52.9 Å². The summed E-state index contributed by atoms with van der Waals surface area (Å²) in [4.78, 5) is 2.72. The van der Waals surface area contributed by atoms with Crippen LogP contribution in [-0.2, 0) is 4.74 Å². The fourth-order valence-electron chi connectivity index (χ4n) is 3.96. The van der Waals surface area contributed by atoms with Gasteiger partial charge in [0.15, 0.2) is 0 Å². The number of nitrogens with one attached hydrogen (secondary N) is 1. The van der Waals surface area contributed by atoms with Crippen LogP contribution in [-0.4, -0.2) is 50.8 Å². The van der Waals surface area contributed by atoms with Gasteiger partial charge in [0.25, 0.3) is 0 Å². The molecule has 0 amide bonds. The lowest BCUT2D eigenvalue weighted by Gasteiger charge is -2.34. The molecular weight excluding hydrogens is 248 g/mol. The van der Waals surface area contributed by atoms with Crippen LogP contribution in [0.15, 0.2) is 0 Å². The van der Waals surface area contributed by atoms with E-state index in [1.54, 1.807) is 0 Å². The van der Waals surface area contributed by atoms with Gasteiger partial charge in [-0.15, -0.1) is 0 Å². The van der Waals surface area contributed by atoms with E-state index in [1.165, 1.54) is 51.7 Å². The molecule has 0 aromatic heterocycles. The van der Waals surface area contributed by atoms with E-state index in [1.807, 2.05) is 0 Å². The number of rotatable bonds is 8. The van der Waals surface area contributed by atoms with Crippen molar-refractivity contribution in [3.05, 3.63) is 0 Å². The van der Waals surface area contributed by atoms with Crippen molar-refractivity contribution in [3.63, 3.8) is 0 Å². The van der Waals surface area contributed by atoms with Crippen LogP contribution in [0.4, 0.5) is 0 Å². The highest BCUT2D eigenvalue weighted by molar-refractivity contribution is 4.94. The molecule has 3 heteroatoms. The molecule has 2 rings (SSSR count). The molecule has 0 saturated carbocycles. The number of likely N-dealkylation sites (tertiary alicyclic amines) is 1. The zero-order valence-corrected chi connectivity index (χ0v) is 13.8. The molecular formula is C17H34N2O. The first-order chi connectivity index (χ1) is 9.67. The highest BCUT2D eigenvalue weighted by Crippen LogP contribution is 2.39. The summed E-state index contributed by atoms with van der Waals surface area (Å²) in [6.07, 6.45) is 6.50. The van der Waals surface area contributed by atoms with Gasteiger partial charge in [-0.3, -0.25) is 0 Å². The second kappa shape index (κ2) is 7.24. The first-order valence-electron chi connectivity index (χ1n) is 8.68. The lowest BCUT2D eigenvalue weighted by molar-refractivity contribution is 0.111. The maximum Gasteiger partial charge on any atom is 0.0547 e. The van der Waals surface area contributed by atoms with Gasteiger partial charge in [-0.1, -0.05) is 20.8 Å². The van der Waals surface area contributed by atoms with Gasteiger partial charge < -0.3 is 15.0 Å². The zero-order chi connectivity index (χ0) is 14.5. The average molecular weight is 282 g/mol. The van der Waals surface area contributed by atoms with E-state index >= 15 is 0 Å². The summed E-state index contributed by atoms with van der Waals surface area (Å²) in [5, 5.41) is 3.63. The number of hydrogen-bond acceptors (Lipinski definition) is 3. The van der Waals surface area contributed by atoms with E-state index in [4.69, 9.17) is 4.74 Å². The smallest absolute Gasteiger partial charge is 0.0547 e. The minimum atomic E-state index is 0.368. The SMILES string of the molecule is CCCNCC1(CN2CCC(CC)(CC)C2)CCOC1. The number of ether oxygens (including phenoxy) is 1. The second-order valence-electron chi connectivity index (χ2n) is 7.15. The van der Waals surface area contributed by atoms with Crippen LogP contribution in [0, 0.1) is 10.8 Å². The van der Waals surface area contributed by atoms with Gasteiger partial charge in [-0.2, -0.15) is 0 Å². The molecule has 0 aliphatic carbocycles. The quantitative estimate of drug-likeness (QED) is 0.693. The first-order valence-corrected chi connectivity index (χ1v) is 8.68. The van der Waals surface area contributed by atoms with Crippen LogP contribution in [0.5, 0.6) is 0 Å². The van der Waals surface area contributed by atoms with Gasteiger partial charge >= 0.3 is 0 Å². The standard InChI is InChI=1S/C17H34N2O/c1-4-9-18-12-17(8-11-20-15-17)14-19-10-7-16(5-2,6-3)13-19/h18H,4-15H2,1-3H3. The van der Waals surface area contributed by atoms with E-state index < -0.39 is 0 Å². The third-order valence-electron chi connectivity index (χ3n) is 5.69. The fraction of sp³-hybridized carbons (Fsp3) is 1.00. The largest absolute Gasteiger partial charge is 0.381 e. The summed E-state index contributed by atoms with van der Waals surface area (Å²) in [6.45, 7) is 15.0. The van der Waals surface area contributed by atoms with Crippen LogP contribution >= 0.6 is 0 Å². The number of hydrogen-bond donors (Lipinski definition) is 1. The summed E-state index contributed by atoms with van der Waals surface area (Å²) in [7, 11) is 0. The van der Waals surface area contributed by atoms with E-state index in [9.17, 15) is 0 Å². The lowest BCUT2D eigenvalue weighted by Crippen LogP contribution is -2.44. The van der Waals surface area contributed by atoms with E-state index in [0.29, 0.717) is 10.8 Å². The molecule has 118 valence electrons. The highest BCUT2D eigenvalue weighted by atomic mass is 16.5. The summed E-state index contributed by atoms with van der Waals surface area (Å²) in [5.74, 6) is 0. The van der Waals surface area contributed by atoms with Crippen molar-refractivity contribution in [2.45, 2.75) is 52.9 Å². The summed E-state index contributed by atoms with van der Waals surface area (Å²) in [6, 6.07) is 0. The van der Waals surface area contributed by atoms with Crippen LogP contribution < -0.4 is 5.32 Å². The Morgan fingerprint density at radius 3 is 2.45 bits per heavy atom. The molecule has 0 aromatic carbocycles. The van der Waals surface area contributed by atoms with E-state index in [0.717, 1.165) is 26.3 Å². The molecule has 0 radical (unpaired) electrons. The van der Waals surface area contributed by atoms with E-state index in [2.05, 4.69) is 31.0 Å². The van der Waals surface area contributed by atoms with Crippen molar-refractivity contribution in [3.8, 4) is 0 Å². The van der Waals surface area contributed by atoms with E-state index in [-0.39, 0.29) is 0 Å².